The average Bonchev–Trinajstić information content (AvgIpc) is 3.14. The summed E-state index contributed by atoms with van der Waals surface area (Å²) < 4.78 is 2.21. The molecule has 0 radical (unpaired) electrons. The molecule has 0 saturated carbocycles. The zero-order chi connectivity index (χ0) is 19.8. The van der Waals surface area contributed by atoms with Crippen LogP contribution < -0.4 is 5.32 Å². The van der Waals surface area contributed by atoms with Crippen molar-refractivity contribution in [2.75, 3.05) is 20.6 Å². The van der Waals surface area contributed by atoms with Gasteiger partial charge in [0, 0.05) is 52.5 Å². The van der Waals surface area contributed by atoms with Crippen molar-refractivity contribution < 1.29 is 0 Å². The highest BCUT2D eigenvalue weighted by Gasteiger charge is 2.09. The Kier molecular flexibility index (Phi) is 9.18. The van der Waals surface area contributed by atoms with Crippen LogP contribution in [0.1, 0.15) is 22.5 Å². The van der Waals surface area contributed by atoms with E-state index in [2.05, 4.69) is 87.3 Å². The van der Waals surface area contributed by atoms with Gasteiger partial charge in [-0.25, -0.2) is 4.98 Å². The molecule has 0 bridgehead atoms. The summed E-state index contributed by atoms with van der Waals surface area (Å²) in [5, 5.41) is 3.46. The smallest absolute Gasteiger partial charge is 0.193 e. The molecule has 0 atom stereocenters. The quantitative estimate of drug-likeness (QED) is 0.300. The van der Waals surface area contributed by atoms with Crippen LogP contribution in [-0.4, -0.2) is 41.1 Å². The molecule has 0 spiro atoms. The van der Waals surface area contributed by atoms with Crippen LogP contribution in [-0.2, 0) is 19.5 Å². The number of hydrogen-bond acceptors (Lipinski definition) is 2. The largest absolute Gasteiger partial charge is 0.356 e. The summed E-state index contributed by atoms with van der Waals surface area (Å²) in [6.45, 7) is 4.61. The number of imidazole rings is 1. The molecule has 154 valence electrons. The van der Waals surface area contributed by atoms with E-state index in [9.17, 15) is 0 Å². The van der Waals surface area contributed by atoms with Crippen molar-refractivity contribution in [2.45, 2.75) is 26.4 Å². The van der Waals surface area contributed by atoms with Crippen molar-refractivity contribution in [1.29, 1.82) is 0 Å². The van der Waals surface area contributed by atoms with Crippen LogP contribution >= 0.6 is 24.0 Å². The van der Waals surface area contributed by atoms with E-state index in [0.29, 0.717) is 0 Å². The molecule has 3 rings (SSSR count). The molecular formula is C23H30IN5. The van der Waals surface area contributed by atoms with Crippen molar-refractivity contribution in [3.8, 4) is 0 Å². The van der Waals surface area contributed by atoms with Gasteiger partial charge in [-0.15, -0.1) is 24.0 Å². The minimum Gasteiger partial charge on any atom is -0.356 e. The summed E-state index contributed by atoms with van der Waals surface area (Å²) in [5.74, 6) is 1.97. The number of nitrogens with zero attached hydrogens (tertiary/aromatic N) is 4. The molecule has 1 N–H and O–H groups in total. The molecule has 0 aliphatic heterocycles. The first-order valence-electron chi connectivity index (χ1n) is 9.67. The maximum absolute atomic E-state index is 4.53. The monoisotopic (exact) mass is 503 g/mol. The predicted molar refractivity (Wildman–Crippen MR) is 131 cm³/mol. The molecule has 1 aromatic heterocycles. The number of aryl methyl sites for hydroxylation is 1. The zero-order valence-electron chi connectivity index (χ0n) is 17.4. The number of halogens is 1. The molecule has 2 aromatic carbocycles. The van der Waals surface area contributed by atoms with E-state index in [0.717, 1.165) is 37.8 Å². The minimum atomic E-state index is 0. The van der Waals surface area contributed by atoms with E-state index in [4.69, 9.17) is 0 Å². The van der Waals surface area contributed by atoms with Crippen molar-refractivity contribution in [1.82, 2.24) is 19.8 Å². The van der Waals surface area contributed by atoms with Crippen molar-refractivity contribution >= 4 is 29.9 Å². The number of benzene rings is 2. The normalized spacial score (nSPS) is 11.1. The number of aliphatic imine (C=N–C) groups is 1. The van der Waals surface area contributed by atoms with Gasteiger partial charge in [0.05, 0.1) is 0 Å². The van der Waals surface area contributed by atoms with Gasteiger partial charge in [-0.05, 0) is 23.6 Å². The summed E-state index contributed by atoms with van der Waals surface area (Å²) in [7, 11) is 3.89. The maximum Gasteiger partial charge on any atom is 0.193 e. The molecule has 6 heteroatoms. The Bertz CT molecular complexity index is 904. The Morgan fingerprint density at radius 1 is 1.10 bits per heavy atom. The fraction of sp³-hybridized carbons (Fsp3) is 0.304. The number of nitrogens with one attached hydrogen (secondary N) is 1. The van der Waals surface area contributed by atoms with Crippen LogP contribution in [0.15, 0.2) is 72.0 Å². The van der Waals surface area contributed by atoms with E-state index in [1.165, 1.54) is 16.7 Å². The second-order valence-corrected chi connectivity index (χ2v) is 6.96. The molecule has 0 aliphatic rings. The third kappa shape index (κ3) is 6.59. The summed E-state index contributed by atoms with van der Waals surface area (Å²) in [6, 6.07) is 18.9. The SMILES string of the molecule is CN=C(NCCc1nccn1Cc1ccccc1)N(C)Cc1ccccc1C.I. The summed E-state index contributed by atoms with van der Waals surface area (Å²) in [4.78, 5) is 11.1. The van der Waals surface area contributed by atoms with Crippen LogP contribution in [0.4, 0.5) is 0 Å². The minimum absolute atomic E-state index is 0. The lowest BCUT2D eigenvalue weighted by atomic mass is 10.1. The Morgan fingerprint density at radius 2 is 1.83 bits per heavy atom. The highest BCUT2D eigenvalue weighted by Crippen LogP contribution is 2.10. The second-order valence-electron chi connectivity index (χ2n) is 6.96. The number of aromatic nitrogens is 2. The summed E-state index contributed by atoms with van der Waals surface area (Å²) in [5.41, 5.74) is 3.89. The molecule has 0 saturated heterocycles. The van der Waals surface area contributed by atoms with E-state index in [1.54, 1.807) is 0 Å². The Labute approximate surface area is 190 Å². The van der Waals surface area contributed by atoms with Crippen molar-refractivity contribution in [2.24, 2.45) is 4.99 Å². The molecule has 3 aromatic rings. The standard InChI is InChI=1S/C23H29N5.HI/c1-19-9-7-8-12-21(19)18-27(3)23(24-2)26-14-13-22-25-15-16-28(22)17-20-10-5-4-6-11-20;/h4-12,15-16H,13-14,17-18H2,1-3H3,(H,24,26);1H. The highest BCUT2D eigenvalue weighted by atomic mass is 127. The van der Waals surface area contributed by atoms with Crippen LogP contribution in [0.5, 0.6) is 0 Å². The zero-order valence-corrected chi connectivity index (χ0v) is 19.7. The first-order chi connectivity index (χ1) is 13.7. The van der Waals surface area contributed by atoms with Crippen LogP contribution in [0.2, 0.25) is 0 Å². The number of guanidine groups is 1. The lowest BCUT2D eigenvalue weighted by Crippen LogP contribution is -2.39. The van der Waals surface area contributed by atoms with Gasteiger partial charge in [0.2, 0.25) is 0 Å². The van der Waals surface area contributed by atoms with Gasteiger partial charge in [0.1, 0.15) is 5.82 Å². The lowest BCUT2D eigenvalue weighted by molar-refractivity contribution is 0.475. The Hall–Kier alpha value is -2.35. The topological polar surface area (TPSA) is 45.5 Å². The van der Waals surface area contributed by atoms with Crippen LogP contribution in [0, 0.1) is 6.92 Å². The van der Waals surface area contributed by atoms with Crippen molar-refractivity contribution in [3.05, 3.63) is 89.5 Å². The predicted octanol–water partition coefficient (Wildman–Crippen LogP) is 4.11. The molecule has 0 unspecified atom stereocenters. The van der Waals surface area contributed by atoms with E-state index in [1.807, 2.05) is 25.5 Å². The van der Waals surface area contributed by atoms with Gasteiger partial charge in [0.15, 0.2) is 5.96 Å². The summed E-state index contributed by atoms with van der Waals surface area (Å²) in [6.07, 6.45) is 4.76. The lowest BCUT2D eigenvalue weighted by Gasteiger charge is -2.23. The summed E-state index contributed by atoms with van der Waals surface area (Å²) >= 11 is 0. The van der Waals surface area contributed by atoms with Gasteiger partial charge in [0.25, 0.3) is 0 Å². The van der Waals surface area contributed by atoms with Gasteiger partial charge in [-0.1, -0.05) is 54.6 Å². The molecule has 29 heavy (non-hydrogen) atoms. The third-order valence-electron chi connectivity index (χ3n) is 4.87. The molecular weight excluding hydrogens is 473 g/mol. The molecule has 5 nitrogen and oxygen atoms in total. The second kappa shape index (κ2) is 11.6. The van der Waals surface area contributed by atoms with Gasteiger partial charge in [-0.2, -0.15) is 0 Å². The van der Waals surface area contributed by atoms with E-state index >= 15 is 0 Å². The van der Waals surface area contributed by atoms with Gasteiger partial charge >= 0.3 is 0 Å². The first-order valence-corrected chi connectivity index (χ1v) is 9.67. The molecule has 0 aliphatic carbocycles. The average molecular weight is 503 g/mol. The molecule has 0 fully saturated rings. The fourth-order valence-electron chi connectivity index (χ4n) is 3.28. The van der Waals surface area contributed by atoms with E-state index in [-0.39, 0.29) is 24.0 Å². The van der Waals surface area contributed by atoms with Crippen molar-refractivity contribution in [3.63, 3.8) is 0 Å². The highest BCUT2D eigenvalue weighted by molar-refractivity contribution is 14.0. The maximum atomic E-state index is 4.53. The Balaban J connectivity index is 0.00000300. The van der Waals surface area contributed by atoms with Crippen LogP contribution in [0.3, 0.4) is 0 Å². The molecule has 0 amide bonds. The fourth-order valence-corrected chi connectivity index (χ4v) is 3.28. The van der Waals surface area contributed by atoms with Crippen LogP contribution in [0.25, 0.3) is 0 Å². The number of rotatable bonds is 7. The van der Waals surface area contributed by atoms with Gasteiger partial charge < -0.3 is 14.8 Å². The van der Waals surface area contributed by atoms with Gasteiger partial charge in [-0.3, -0.25) is 4.99 Å². The third-order valence-corrected chi connectivity index (χ3v) is 4.87. The van der Waals surface area contributed by atoms with E-state index < -0.39 is 0 Å². The first kappa shape index (κ1) is 22.9. The Morgan fingerprint density at radius 3 is 2.55 bits per heavy atom. The molecule has 1 heterocycles. The number of hydrogen-bond donors (Lipinski definition) is 1.